The molecule has 0 unspecified atom stereocenters. The van der Waals surface area contributed by atoms with E-state index in [2.05, 4.69) is 15.5 Å². The standard InChI is InChI=1S/C21H16F3N5O2/c1-12-3-8-16(9-13(12)2)29-18-17(10-26-29)20(31)28(11-25-18)27-19(30)14-4-6-15(7-5-14)21(22,23)24/h3-11H,1-2H3,(H,27,30). The van der Waals surface area contributed by atoms with Crippen molar-refractivity contribution in [3.63, 3.8) is 0 Å². The molecule has 0 spiro atoms. The highest BCUT2D eigenvalue weighted by molar-refractivity contribution is 6.00. The fourth-order valence-corrected chi connectivity index (χ4v) is 3.02. The number of hydrogen-bond donors (Lipinski definition) is 1. The van der Waals surface area contributed by atoms with Crippen LogP contribution in [0.15, 0.2) is 59.8 Å². The Kier molecular flexibility index (Phi) is 4.84. The second kappa shape index (κ2) is 7.38. The first-order valence-corrected chi connectivity index (χ1v) is 9.17. The van der Waals surface area contributed by atoms with Crippen molar-refractivity contribution in [2.24, 2.45) is 0 Å². The molecule has 0 radical (unpaired) electrons. The summed E-state index contributed by atoms with van der Waals surface area (Å²) in [6.07, 6.45) is -2.02. The molecule has 158 valence electrons. The van der Waals surface area contributed by atoms with Crippen LogP contribution in [-0.2, 0) is 6.18 Å². The van der Waals surface area contributed by atoms with Crippen LogP contribution in [-0.4, -0.2) is 25.3 Å². The van der Waals surface area contributed by atoms with Gasteiger partial charge in [0.05, 0.1) is 17.4 Å². The number of aromatic nitrogens is 4. The third-order valence-corrected chi connectivity index (χ3v) is 4.92. The van der Waals surface area contributed by atoms with E-state index in [1.165, 1.54) is 10.9 Å². The second-order valence-electron chi connectivity index (χ2n) is 7.00. The number of nitrogens with zero attached hydrogens (tertiary/aromatic N) is 4. The molecule has 4 aromatic rings. The maximum Gasteiger partial charge on any atom is 0.416 e. The molecule has 0 aliphatic rings. The molecule has 2 aromatic heterocycles. The van der Waals surface area contributed by atoms with Gasteiger partial charge in [-0.3, -0.25) is 15.0 Å². The number of fused-ring (bicyclic) bond motifs is 1. The minimum atomic E-state index is -4.50. The summed E-state index contributed by atoms with van der Waals surface area (Å²) in [4.78, 5) is 29.3. The lowest BCUT2D eigenvalue weighted by Crippen LogP contribution is -2.33. The lowest BCUT2D eigenvalue weighted by Gasteiger charge is -2.10. The van der Waals surface area contributed by atoms with Crippen LogP contribution in [0.5, 0.6) is 0 Å². The van der Waals surface area contributed by atoms with Crippen molar-refractivity contribution in [2.45, 2.75) is 20.0 Å². The molecule has 7 nitrogen and oxygen atoms in total. The van der Waals surface area contributed by atoms with Crippen LogP contribution in [0.25, 0.3) is 16.7 Å². The average Bonchev–Trinajstić information content (AvgIpc) is 3.16. The molecule has 1 N–H and O–H groups in total. The summed E-state index contributed by atoms with van der Waals surface area (Å²) < 4.78 is 40.4. The number of aryl methyl sites for hydroxylation is 2. The summed E-state index contributed by atoms with van der Waals surface area (Å²) in [5.74, 6) is -0.751. The number of carbonyl (C=O) groups is 1. The topological polar surface area (TPSA) is 81.8 Å². The first-order valence-electron chi connectivity index (χ1n) is 9.17. The highest BCUT2D eigenvalue weighted by Crippen LogP contribution is 2.29. The Labute approximate surface area is 173 Å². The van der Waals surface area contributed by atoms with Crippen molar-refractivity contribution in [2.75, 3.05) is 5.43 Å². The molecule has 0 saturated carbocycles. The van der Waals surface area contributed by atoms with Crippen LogP contribution in [0.4, 0.5) is 13.2 Å². The van der Waals surface area contributed by atoms with E-state index in [-0.39, 0.29) is 10.9 Å². The molecule has 0 atom stereocenters. The van der Waals surface area contributed by atoms with Crippen LogP contribution >= 0.6 is 0 Å². The quantitative estimate of drug-likeness (QED) is 0.542. The molecule has 0 fully saturated rings. The average molecular weight is 427 g/mol. The Hall–Kier alpha value is -3.95. The molecule has 31 heavy (non-hydrogen) atoms. The molecule has 2 aromatic carbocycles. The first kappa shape index (κ1) is 20.3. The Morgan fingerprint density at radius 3 is 2.39 bits per heavy atom. The Morgan fingerprint density at radius 2 is 1.74 bits per heavy atom. The molecule has 0 bridgehead atoms. The largest absolute Gasteiger partial charge is 0.416 e. The van der Waals surface area contributed by atoms with Crippen LogP contribution in [0.1, 0.15) is 27.0 Å². The van der Waals surface area contributed by atoms with Crippen molar-refractivity contribution in [1.82, 2.24) is 19.4 Å². The number of alkyl halides is 3. The van der Waals surface area contributed by atoms with E-state index in [4.69, 9.17) is 0 Å². The van der Waals surface area contributed by atoms with Crippen molar-refractivity contribution >= 4 is 16.9 Å². The number of nitrogens with one attached hydrogen (secondary N) is 1. The number of hydrogen-bond acceptors (Lipinski definition) is 4. The zero-order valence-electron chi connectivity index (χ0n) is 16.4. The van der Waals surface area contributed by atoms with Gasteiger partial charge < -0.3 is 0 Å². The molecule has 1 amide bonds. The van der Waals surface area contributed by atoms with Gasteiger partial charge in [0, 0.05) is 5.56 Å². The van der Waals surface area contributed by atoms with E-state index in [9.17, 15) is 22.8 Å². The third kappa shape index (κ3) is 3.79. The second-order valence-corrected chi connectivity index (χ2v) is 7.00. The van der Waals surface area contributed by atoms with Crippen LogP contribution in [0, 0.1) is 13.8 Å². The van der Waals surface area contributed by atoms with Gasteiger partial charge in [-0.2, -0.15) is 18.3 Å². The van der Waals surface area contributed by atoms with Gasteiger partial charge >= 0.3 is 6.18 Å². The van der Waals surface area contributed by atoms with Gasteiger partial charge in [0.2, 0.25) is 0 Å². The number of rotatable bonds is 3. The molecule has 0 aliphatic heterocycles. The van der Waals surface area contributed by atoms with E-state index in [1.807, 2.05) is 32.0 Å². The van der Waals surface area contributed by atoms with Crippen LogP contribution in [0.2, 0.25) is 0 Å². The number of amides is 1. The first-order chi connectivity index (χ1) is 14.6. The van der Waals surface area contributed by atoms with Gasteiger partial charge in [0.1, 0.15) is 11.7 Å². The summed E-state index contributed by atoms with van der Waals surface area (Å²) in [7, 11) is 0. The van der Waals surface area contributed by atoms with Gasteiger partial charge in [0.15, 0.2) is 5.65 Å². The molecular formula is C21H16F3N5O2. The number of benzene rings is 2. The smallest absolute Gasteiger partial charge is 0.267 e. The molecule has 0 aliphatic carbocycles. The van der Waals surface area contributed by atoms with Crippen molar-refractivity contribution in [3.8, 4) is 5.69 Å². The van der Waals surface area contributed by atoms with E-state index < -0.39 is 23.2 Å². The maximum atomic E-state index is 12.8. The monoisotopic (exact) mass is 427 g/mol. The van der Waals surface area contributed by atoms with E-state index in [1.54, 1.807) is 0 Å². The molecule has 10 heteroatoms. The maximum absolute atomic E-state index is 12.8. The van der Waals surface area contributed by atoms with Crippen LogP contribution < -0.4 is 11.0 Å². The van der Waals surface area contributed by atoms with Gasteiger partial charge in [-0.1, -0.05) is 6.07 Å². The summed E-state index contributed by atoms with van der Waals surface area (Å²) in [6.45, 7) is 3.94. The van der Waals surface area contributed by atoms with Crippen molar-refractivity contribution < 1.29 is 18.0 Å². The Bertz CT molecular complexity index is 1350. The predicted octanol–water partition coefficient (Wildman–Crippen LogP) is 3.60. The highest BCUT2D eigenvalue weighted by Gasteiger charge is 2.30. The van der Waals surface area contributed by atoms with Gasteiger partial charge in [0.25, 0.3) is 11.5 Å². The molecule has 4 rings (SSSR count). The molecule has 2 heterocycles. The normalized spacial score (nSPS) is 11.6. The minimum absolute atomic E-state index is 0.0363. The predicted molar refractivity (Wildman–Crippen MR) is 108 cm³/mol. The Balaban J connectivity index is 1.64. The Morgan fingerprint density at radius 1 is 1.03 bits per heavy atom. The highest BCUT2D eigenvalue weighted by atomic mass is 19.4. The lowest BCUT2D eigenvalue weighted by atomic mass is 10.1. The third-order valence-electron chi connectivity index (χ3n) is 4.92. The molecule has 0 saturated heterocycles. The lowest BCUT2D eigenvalue weighted by molar-refractivity contribution is -0.137. The van der Waals surface area contributed by atoms with E-state index >= 15 is 0 Å². The number of carbonyl (C=O) groups excluding carboxylic acids is 1. The minimum Gasteiger partial charge on any atom is -0.267 e. The van der Waals surface area contributed by atoms with Gasteiger partial charge in [-0.05, 0) is 61.4 Å². The summed E-state index contributed by atoms with van der Waals surface area (Å²) in [5, 5.41) is 4.40. The summed E-state index contributed by atoms with van der Waals surface area (Å²) in [5.41, 5.74) is 4.06. The zero-order chi connectivity index (χ0) is 22.3. The molecular weight excluding hydrogens is 411 g/mol. The SMILES string of the molecule is Cc1ccc(-n2ncc3c(=O)n(NC(=O)c4ccc(C(F)(F)F)cc4)cnc32)cc1C. The van der Waals surface area contributed by atoms with E-state index in [0.717, 1.165) is 52.1 Å². The van der Waals surface area contributed by atoms with Crippen molar-refractivity contribution in [1.29, 1.82) is 0 Å². The summed E-state index contributed by atoms with van der Waals surface area (Å²) in [6, 6.07) is 9.37. The van der Waals surface area contributed by atoms with Crippen LogP contribution in [0.3, 0.4) is 0 Å². The van der Waals surface area contributed by atoms with Gasteiger partial charge in [-0.25, -0.2) is 14.3 Å². The van der Waals surface area contributed by atoms with Crippen molar-refractivity contribution in [3.05, 3.63) is 87.6 Å². The summed E-state index contributed by atoms with van der Waals surface area (Å²) >= 11 is 0. The zero-order valence-corrected chi connectivity index (χ0v) is 16.4. The van der Waals surface area contributed by atoms with E-state index in [0.29, 0.717) is 5.65 Å². The fraction of sp³-hybridized carbons (Fsp3) is 0.143. The number of halogens is 3. The van der Waals surface area contributed by atoms with Gasteiger partial charge in [-0.15, -0.1) is 0 Å². The fourth-order valence-electron chi connectivity index (χ4n) is 3.02.